The summed E-state index contributed by atoms with van der Waals surface area (Å²) in [5.74, 6) is 0.339. The van der Waals surface area contributed by atoms with E-state index in [2.05, 4.69) is 15.4 Å². The van der Waals surface area contributed by atoms with Gasteiger partial charge in [0.15, 0.2) is 5.82 Å². The second kappa shape index (κ2) is 8.66. The summed E-state index contributed by atoms with van der Waals surface area (Å²) in [6, 6.07) is 20.2. The van der Waals surface area contributed by atoms with Gasteiger partial charge in [-0.05, 0) is 48.5 Å². The lowest BCUT2D eigenvalue weighted by Crippen LogP contribution is -2.12. The molecule has 7 nitrogen and oxygen atoms in total. The highest BCUT2D eigenvalue weighted by molar-refractivity contribution is 6.04. The second-order valence-corrected chi connectivity index (χ2v) is 6.58. The summed E-state index contributed by atoms with van der Waals surface area (Å²) < 4.78 is 25.6. The van der Waals surface area contributed by atoms with Crippen molar-refractivity contribution in [2.45, 2.75) is 0 Å². The molecule has 3 aromatic carbocycles. The zero-order valence-electron chi connectivity index (χ0n) is 16.9. The van der Waals surface area contributed by atoms with Crippen molar-refractivity contribution in [3.63, 3.8) is 0 Å². The number of carbonyl (C=O) groups is 1. The Kier molecular flexibility index (Phi) is 5.61. The van der Waals surface area contributed by atoms with Crippen LogP contribution in [0.25, 0.3) is 17.1 Å². The van der Waals surface area contributed by atoms with Crippen LogP contribution in [0, 0.1) is 5.82 Å². The van der Waals surface area contributed by atoms with Crippen LogP contribution in [0.2, 0.25) is 0 Å². The molecule has 0 unspecified atom stereocenters. The summed E-state index contributed by atoms with van der Waals surface area (Å²) in [6.45, 7) is 0. The van der Waals surface area contributed by atoms with Crippen LogP contribution in [0.4, 0.5) is 10.1 Å². The van der Waals surface area contributed by atoms with Crippen LogP contribution < -0.4 is 14.8 Å². The summed E-state index contributed by atoms with van der Waals surface area (Å²) in [5, 5.41) is 7.18. The van der Waals surface area contributed by atoms with Gasteiger partial charge in [0.05, 0.1) is 19.9 Å². The molecule has 156 valence electrons. The van der Waals surface area contributed by atoms with E-state index in [-0.39, 0.29) is 11.6 Å². The van der Waals surface area contributed by atoms with Crippen LogP contribution in [-0.2, 0) is 0 Å². The Balaban J connectivity index is 1.69. The summed E-state index contributed by atoms with van der Waals surface area (Å²) >= 11 is 0. The van der Waals surface area contributed by atoms with Gasteiger partial charge in [-0.2, -0.15) is 4.98 Å². The number of hydrogen-bond acceptors (Lipinski definition) is 5. The number of nitrogens with zero attached hydrogens (tertiary/aromatic N) is 3. The van der Waals surface area contributed by atoms with Crippen LogP contribution in [0.1, 0.15) is 10.4 Å². The van der Waals surface area contributed by atoms with E-state index in [0.29, 0.717) is 22.9 Å². The van der Waals surface area contributed by atoms with Gasteiger partial charge < -0.3 is 14.8 Å². The largest absolute Gasteiger partial charge is 0.497 e. The molecule has 8 heteroatoms. The topological polar surface area (TPSA) is 78.3 Å². The van der Waals surface area contributed by atoms with Gasteiger partial charge in [-0.15, -0.1) is 5.10 Å². The molecule has 0 aliphatic heterocycles. The number of aromatic nitrogens is 3. The maximum Gasteiger partial charge on any atom is 0.336 e. The molecule has 1 aromatic heterocycles. The number of anilines is 1. The smallest absolute Gasteiger partial charge is 0.336 e. The first-order valence-corrected chi connectivity index (χ1v) is 9.40. The molecule has 0 spiro atoms. The first kappa shape index (κ1) is 20.1. The Hall–Kier alpha value is -4.20. The number of methoxy groups -OCH3 is 2. The first-order valence-electron chi connectivity index (χ1n) is 9.40. The predicted octanol–water partition coefficient (Wildman–Crippen LogP) is 4.34. The Morgan fingerprint density at radius 2 is 1.77 bits per heavy atom. The molecule has 1 heterocycles. The lowest BCUT2D eigenvalue weighted by molar-refractivity contribution is 0.102. The van der Waals surface area contributed by atoms with Crippen molar-refractivity contribution in [1.82, 2.24) is 14.8 Å². The number of nitrogens with one attached hydrogen (secondary N) is 1. The Bertz CT molecular complexity index is 1240. The fourth-order valence-electron chi connectivity index (χ4n) is 3.06. The molecular weight excluding hydrogens is 399 g/mol. The third-order valence-electron chi connectivity index (χ3n) is 4.53. The number of rotatable bonds is 6. The normalized spacial score (nSPS) is 10.5. The van der Waals surface area contributed by atoms with E-state index in [0.717, 1.165) is 5.56 Å². The van der Waals surface area contributed by atoms with Crippen LogP contribution in [0.15, 0.2) is 72.8 Å². The highest BCUT2D eigenvalue weighted by Crippen LogP contribution is 2.27. The van der Waals surface area contributed by atoms with Crippen LogP contribution in [0.5, 0.6) is 11.8 Å². The van der Waals surface area contributed by atoms with E-state index in [9.17, 15) is 9.18 Å². The van der Waals surface area contributed by atoms with E-state index in [4.69, 9.17) is 9.47 Å². The lowest BCUT2D eigenvalue weighted by atomic mass is 10.2. The molecule has 0 aliphatic carbocycles. The summed E-state index contributed by atoms with van der Waals surface area (Å²) in [6.07, 6.45) is 0. The maximum absolute atomic E-state index is 13.4. The quantitative estimate of drug-likeness (QED) is 0.504. The Morgan fingerprint density at radius 3 is 2.55 bits per heavy atom. The zero-order valence-corrected chi connectivity index (χ0v) is 16.9. The Labute approximate surface area is 178 Å². The summed E-state index contributed by atoms with van der Waals surface area (Å²) in [7, 11) is 3.08. The van der Waals surface area contributed by atoms with Gasteiger partial charge in [0.2, 0.25) is 0 Å². The van der Waals surface area contributed by atoms with Gasteiger partial charge in [-0.3, -0.25) is 4.79 Å². The van der Waals surface area contributed by atoms with Crippen molar-refractivity contribution in [3.8, 4) is 28.8 Å². The van der Waals surface area contributed by atoms with E-state index in [1.807, 2.05) is 30.3 Å². The van der Waals surface area contributed by atoms with Crippen LogP contribution in [0.3, 0.4) is 0 Å². The van der Waals surface area contributed by atoms with Gasteiger partial charge in [0.25, 0.3) is 5.91 Å². The van der Waals surface area contributed by atoms with E-state index < -0.39 is 11.7 Å². The average molecular weight is 418 g/mol. The molecule has 4 aromatic rings. The number of benzene rings is 3. The van der Waals surface area contributed by atoms with Crippen molar-refractivity contribution in [2.24, 2.45) is 0 Å². The Morgan fingerprint density at radius 1 is 0.968 bits per heavy atom. The van der Waals surface area contributed by atoms with Gasteiger partial charge in [-0.1, -0.05) is 24.3 Å². The fourth-order valence-corrected chi connectivity index (χ4v) is 3.06. The number of hydrogen-bond donors (Lipinski definition) is 1. The first-order chi connectivity index (χ1) is 15.1. The van der Waals surface area contributed by atoms with Gasteiger partial charge in [0, 0.05) is 16.8 Å². The summed E-state index contributed by atoms with van der Waals surface area (Å²) in [4.78, 5) is 16.9. The van der Waals surface area contributed by atoms with Crippen molar-refractivity contribution < 1.29 is 18.7 Å². The third kappa shape index (κ3) is 4.37. The molecule has 31 heavy (non-hydrogen) atoms. The van der Waals surface area contributed by atoms with Crippen molar-refractivity contribution in [2.75, 3.05) is 19.5 Å². The third-order valence-corrected chi connectivity index (χ3v) is 4.53. The van der Waals surface area contributed by atoms with Gasteiger partial charge in [0.1, 0.15) is 11.6 Å². The van der Waals surface area contributed by atoms with E-state index in [1.165, 1.54) is 25.3 Å². The van der Waals surface area contributed by atoms with Crippen molar-refractivity contribution >= 4 is 11.6 Å². The minimum Gasteiger partial charge on any atom is -0.497 e. The van der Waals surface area contributed by atoms with E-state index in [1.54, 1.807) is 36.1 Å². The minimum atomic E-state index is -0.473. The zero-order chi connectivity index (χ0) is 21.8. The standard InChI is InChI=1S/C23H19FN4O3/c1-30-20-11-4-6-15(13-20)21-26-23(31-2)27-28(21)19-10-5-9-18(14-19)25-22(29)16-7-3-8-17(24)12-16/h3-14H,1-2H3,(H,25,29). The van der Waals surface area contributed by atoms with Crippen molar-refractivity contribution in [1.29, 1.82) is 0 Å². The number of carbonyl (C=O) groups excluding carboxylic acids is 1. The monoisotopic (exact) mass is 418 g/mol. The summed E-state index contributed by atoms with van der Waals surface area (Å²) in [5.41, 5.74) is 2.19. The minimum absolute atomic E-state index is 0.201. The molecule has 0 bridgehead atoms. The number of halogens is 1. The average Bonchev–Trinajstić information content (AvgIpc) is 3.24. The maximum atomic E-state index is 13.4. The fraction of sp³-hybridized carbons (Fsp3) is 0.0870. The molecule has 1 N–H and O–H groups in total. The SMILES string of the molecule is COc1cccc(-c2nc(OC)nn2-c2cccc(NC(=O)c3cccc(F)c3)c2)c1. The predicted molar refractivity (Wildman–Crippen MR) is 114 cm³/mol. The van der Waals surface area contributed by atoms with E-state index >= 15 is 0 Å². The molecule has 0 atom stereocenters. The highest BCUT2D eigenvalue weighted by atomic mass is 19.1. The number of amides is 1. The molecular formula is C23H19FN4O3. The second-order valence-electron chi connectivity index (χ2n) is 6.58. The molecule has 0 radical (unpaired) electrons. The highest BCUT2D eigenvalue weighted by Gasteiger charge is 2.16. The van der Waals surface area contributed by atoms with Gasteiger partial charge >= 0.3 is 6.01 Å². The van der Waals surface area contributed by atoms with Crippen LogP contribution >= 0.6 is 0 Å². The molecule has 0 saturated carbocycles. The molecule has 4 rings (SSSR count). The lowest BCUT2D eigenvalue weighted by Gasteiger charge is -2.10. The van der Waals surface area contributed by atoms with Gasteiger partial charge in [-0.25, -0.2) is 9.07 Å². The molecule has 1 amide bonds. The number of ether oxygens (including phenoxy) is 2. The van der Waals surface area contributed by atoms with Crippen molar-refractivity contribution in [3.05, 3.63) is 84.2 Å². The van der Waals surface area contributed by atoms with Crippen LogP contribution in [-0.4, -0.2) is 34.9 Å². The molecule has 0 saturated heterocycles. The molecule has 0 aliphatic rings. The molecule has 0 fully saturated rings.